The average Bonchev–Trinajstić information content (AvgIpc) is 3.03. The van der Waals surface area contributed by atoms with Crippen molar-refractivity contribution in [3.05, 3.63) is 131 Å². The standard InChI is InChI=1S/C32H24O2/c1-33-24-17-13-22(14-18-24)31-28-10-4-3-9-26(28)27-11-5-7-21-8-6-12-29(30(21)27)32(31)23-15-19-25(34-2)20-16-23/h3-20H,1-2H3. The molecular formula is C32H24O2. The smallest absolute Gasteiger partial charge is 0.118 e. The van der Waals surface area contributed by atoms with Crippen LogP contribution in [-0.2, 0) is 0 Å². The molecule has 5 aromatic rings. The zero-order valence-corrected chi connectivity index (χ0v) is 19.2. The maximum absolute atomic E-state index is 5.46. The number of ether oxygens (including phenoxy) is 2. The van der Waals surface area contributed by atoms with Gasteiger partial charge in [0, 0.05) is 0 Å². The predicted molar refractivity (Wildman–Crippen MR) is 140 cm³/mol. The van der Waals surface area contributed by atoms with Gasteiger partial charge in [-0.3, -0.25) is 0 Å². The van der Waals surface area contributed by atoms with E-state index in [1.165, 1.54) is 44.2 Å². The molecule has 0 atom stereocenters. The Morgan fingerprint density at radius 2 is 0.882 bits per heavy atom. The van der Waals surface area contributed by atoms with E-state index in [4.69, 9.17) is 9.47 Å². The van der Waals surface area contributed by atoms with E-state index >= 15 is 0 Å². The van der Waals surface area contributed by atoms with Crippen molar-refractivity contribution in [2.45, 2.75) is 0 Å². The van der Waals surface area contributed by atoms with Gasteiger partial charge >= 0.3 is 0 Å². The van der Waals surface area contributed by atoms with Gasteiger partial charge in [0.2, 0.25) is 0 Å². The van der Waals surface area contributed by atoms with Crippen LogP contribution in [0.5, 0.6) is 11.5 Å². The summed E-state index contributed by atoms with van der Waals surface area (Å²) in [5, 5.41) is 2.53. The highest BCUT2D eigenvalue weighted by atomic mass is 16.5. The van der Waals surface area contributed by atoms with Crippen molar-refractivity contribution in [1.82, 2.24) is 0 Å². The molecule has 164 valence electrons. The quantitative estimate of drug-likeness (QED) is 0.278. The lowest BCUT2D eigenvalue weighted by atomic mass is 9.85. The van der Waals surface area contributed by atoms with Crippen LogP contribution >= 0.6 is 0 Å². The van der Waals surface area contributed by atoms with Gasteiger partial charge in [-0.15, -0.1) is 0 Å². The lowest BCUT2D eigenvalue weighted by Gasteiger charge is -2.18. The molecule has 0 heterocycles. The van der Waals surface area contributed by atoms with Crippen LogP contribution in [0, 0.1) is 0 Å². The molecule has 5 aromatic carbocycles. The Labute approximate surface area is 199 Å². The van der Waals surface area contributed by atoms with Gasteiger partial charge in [-0.05, 0) is 79.6 Å². The molecule has 1 aliphatic carbocycles. The molecule has 2 nitrogen and oxygen atoms in total. The first kappa shape index (κ1) is 20.3. The molecule has 0 aliphatic heterocycles. The summed E-state index contributed by atoms with van der Waals surface area (Å²) in [7, 11) is 3.41. The van der Waals surface area contributed by atoms with E-state index in [0.717, 1.165) is 22.6 Å². The normalized spacial score (nSPS) is 12.3. The van der Waals surface area contributed by atoms with Crippen LogP contribution in [0.4, 0.5) is 0 Å². The Kier molecular flexibility index (Phi) is 4.92. The Balaban J connectivity index is 1.79. The molecule has 0 fully saturated rings. The summed E-state index contributed by atoms with van der Waals surface area (Å²) in [5.41, 5.74) is 9.72. The van der Waals surface area contributed by atoms with Crippen molar-refractivity contribution in [2.24, 2.45) is 0 Å². The second-order valence-corrected chi connectivity index (χ2v) is 8.46. The molecule has 0 aromatic heterocycles. The average molecular weight is 441 g/mol. The van der Waals surface area contributed by atoms with Crippen molar-refractivity contribution in [3.8, 4) is 22.6 Å². The van der Waals surface area contributed by atoms with Crippen LogP contribution in [0.1, 0.15) is 22.3 Å². The predicted octanol–water partition coefficient (Wildman–Crippen LogP) is 7.84. The van der Waals surface area contributed by atoms with Gasteiger partial charge in [0.05, 0.1) is 14.2 Å². The van der Waals surface area contributed by atoms with E-state index in [9.17, 15) is 0 Å². The van der Waals surface area contributed by atoms with E-state index in [1.54, 1.807) is 14.2 Å². The monoisotopic (exact) mass is 440 g/mol. The molecule has 0 saturated carbocycles. The summed E-state index contributed by atoms with van der Waals surface area (Å²) in [4.78, 5) is 0. The van der Waals surface area contributed by atoms with Crippen molar-refractivity contribution >= 4 is 21.9 Å². The summed E-state index contributed by atoms with van der Waals surface area (Å²) >= 11 is 0. The van der Waals surface area contributed by atoms with Crippen molar-refractivity contribution in [1.29, 1.82) is 0 Å². The molecule has 2 heteroatoms. The molecule has 1 aliphatic rings. The highest BCUT2D eigenvalue weighted by molar-refractivity contribution is 6.17. The molecule has 6 rings (SSSR count). The van der Waals surface area contributed by atoms with E-state index in [2.05, 4.69) is 84.9 Å². The number of hydrogen-bond donors (Lipinski definition) is 0. The number of rotatable bonds is 4. The first-order chi connectivity index (χ1) is 16.8. The molecule has 0 unspecified atom stereocenters. The van der Waals surface area contributed by atoms with Gasteiger partial charge in [-0.1, -0.05) is 84.9 Å². The summed E-state index contributed by atoms with van der Waals surface area (Å²) in [6, 6.07) is 38.7. The minimum absolute atomic E-state index is 0.850. The summed E-state index contributed by atoms with van der Waals surface area (Å²) in [6.45, 7) is 0. The van der Waals surface area contributed by atoms with Crippen LogP contribution < -0.4 is 9.47 Å². The van der Waals surface area contributed by atoms with E-state index in [1.807, 2.05) is 24.3 Å². The Hall–Kier alpha value is -4.30. The SMILES string of the molecule is COc1ccc(C2=C(c3ccc(OC)cc3)c3cccc4cccc(c34)-c3ccccc32)cc1. The summed E-state index contributed by atoms with van der Waals surface area (Å²) in [5.74, 6) is 1.70. The van der Waals surface area contributed by atoms with Crippen LogP contribution in [0.2, 0.25) is 0 Å². The van der Waals surface area contributed by atoms with Crippen LogP contribution in [0.25, 0.3) is 33.0 Å². The molecule has 0 spiro atoms. The molecular weight excluding hydrogens is 416 g/mol. The van der Waals surface area contributed by atoms with Gasteiger partial charge in [0.15, 0.2) is 0 Å². The molecule has 0 bridgehead atoms. The molecule has 0 saturated heterocycles. The van der Waals surface area contributed by atoms with Crippen molar-refractivity contribution < 1.29 is 9.47 Å². The maximum atomic E-state index is 5.46. The van der Waals surface area contributed by atoms with Crippen LogP contribution in [0.3, 0.4) is 0 Å². The third-order valence-corrected chi connectivity index (χ3v) is 6.67. The van der Waals surface area contributed by atoms with Crippen LogP contribution in [0.15, 0.2) is 109 Å². The van der Waals surface area contributed by atoms with Crippen molar-refractivity contribution in [2.75, 3.05) is 14.2 Å². The fraction of sp³-hybridized carbons (Fsp3) is 0.0625. The summed E-state index contributed by atoms with van der Waals surface area (Å²) in [6.07, 6.45) is 0. The number of hydrogen-bond acceptors (Lipinski definition) is 2. The minimum atomic E-state index is 0.850. The lowest BCUT2D eigenvalue weighted by Crippen LogP contribution is -1.97. The fourth-order valence-corrected chi connectivity index (χ4v) is 5.09. The topological polar surface area (TPSA) is 18.5 Å². The van der Waals surface area contributed by atoms with Gasteiger partial charge in [0.25, 0.3) is 0 Å². The first-order valence-electron chi connectivity index (χ1n) is 11.4. The van der Waals surface area contributed by atoms with Gasteiger partial charge in [-0.25, -0.2) is 0 Å². The third-order valence-electron chi connectivity index (χ3n) is 6.67. The van der Waals surface area contributed by atoms with Crippen LogP contribution in [-0.4, -0.2) is 14.2 Å². The molecule has 0 radical (unpaired) electrons. The number of fused-ring (bicyclic) bond motifs is 2. The Bertz CT molecular complexity index is 1540. The zero-order chi connectivity index (χ0) is 23.1. The minimum Gasteiger partial charge on any atom is -0.497 e. The maximum Gasteiger partial charge on any atom is 0.118 e. The fourth-order valence-electron chi connectivity index (χ4n) is 5.09. The number of methoxy groups -OCH3 is 2. The van der Waals surface area contributed by atoms with Gasteiger partial charge < -0.3 is 9.47 Å². The van der Waals surface area contributed by atoms with E-state index in [-0.39, 0.29) is 0 Å². The van der Waals surface area contributed by atoms with E-state index < -0.39 is 0 Å². The second-order valence-electron chi connectivity index (χ2n) is 8.46. The largest absolute Gasteiger partial charge is 0.497 e. The molecule has 34 heavy (non-hydrogen) atoms. The van der Waals surface area contributed by atoms with Gasteiger partial charge in [-0.2, -0.15) is 0 Å². The second kappa shape index (κ2) is 8.24. The van der Waals surface area contributed by atoms with E-state index in [0.29, 0.717) is 0 Å². The highest BCUT2D eigenvalue weighted by Gasteiger charge is 2.25. The number of benzene rings is 5. The molecule has 0 N–H and O–H groups in total. The first-order valence-corrected chi connectivity index (χ1v) is 11.4. The Morgan fingerprint density at radius 3 is 1.44 bits per heavy atom. The Morgan fingerprint density at radius 1 is 0.412 bits per heavy atom. The third kappa shape index (κ3) is 3.19. The van der Waals surface area contributed by atoms with Gasteiger partial charge in [0.1, 0.15) is 11.5 Å². The lowest BCUT2D eigenvalue weighted by molar-refractivity contribution is 0.414. The summed E-state index contributed by atoms with van der Waals surface area (Å²) < 4.78 is 10.9. The highest BCUT2D eigenvalue weighted by Crippen LogP contribution is 2.48. The molecule has 0 amide bonds. The zero-order valence-electron chi connectivity index (χ0n) is 19.2. The van der Waals surface area contributed by atoms with Crippen molar-refractivity contribution in [3.63, 3.8) is 0 Å².